The maximum atomic E-state index is 11.7. The molecule has 0 bridgehead atoms. The molecule has 2 rings (SSSR count). The van der Waals surface area contributed by atoms with Gasteiger partial charge in [-0.2, -0.15) is 0 Å². The Morgan fingerprint density at radius 3 is 2.83 bits per heavy atom. The van der Waals surface area contributed by atoms with Crippen LogP contribution < -0.4 is 4.74 Å². The van der Waals surface area contributed by atoms with Crippen molar-refractivity contribution in [2.45, 2.75) is 33.1 Å². The number of cyclic esters (lactones) is 1. The summed E-state index contributed by atoms with van der Waals surface area (Å²) in [5.74, 6) is -0.713. The number of hydrogen-bond acceptors (Lipinski definition) is 5. The molecule has 1 aromatic rings. The quantitative estimate of drug-likeness (QED) is 0.748. The summed E-state index contributed by atoms with van der Waals surface area (Å²) < 4.78 is 9.98. The molecule has 5 heteroatoms. The SMILES string of the molecule is CC(=O)Oc1nc(C(C)C)cc2c1C(=O)OCC2. The van der Waals surface area contributed by atoms with Crippen molar-refractivity contribution in [2.24, 2.45) is 0 Å². The molecule has 0 saturated heterocycles. The minimum Gasteiger partial charge on any atom is -0.462 e. The van der Waals surface area contributed by atoms with Crippen LogP contribution in [0.2, 0.25) is 0 Å². The molecule has 5 nitrogen and oxygen atoms in total. The van der Waals surface area contributed by atoms with Gasteiger partial charge in [0, 0.05) is 19.0 Å². The normalized spacial score (nSPS) is 14.1. The lowest BCUT2D eigenvalue weighted by Crippen LogP contribution is -2.21. The van der Waals surface area contributed by atoms with E-state index in [-0.39, 0.29) is 17.4 Å². The molecule has 0 unspecified atom stereocenters. The Morgan fingerprint density at radius 2 is 2.22 bits per heavy atom. The molecular formula is C13H15NO4. The van der Waals surface area contributed by atoms with Crippen LogP contribution in [-0.4, -0.2) is 23.5 Å². The van der Waals surface area contributed by atoms with Crippen LogP contribution in [0.25, 0.3) is 0 Å². The molecule has 0 radical (unpaired) electrons. The average Bonchev–Trinajstić information content (AvgIpc) is 2.27. The molecule has 1 aliphatic heterocycles. The molecule has 0 amide bonds. The lowest BCUT2D eigenvalue weighted by molar-refractivity contribution is -0.132. The summed E-state index contributed by atoms with van der Waals surface area (Å²) in [5, 5.41) is 0. The lowest BCUT2D eigenvalue weighted by atomic mass is 10.00. The van der Waals surface area contributed by atoms with Crippen LogP contribution in [0.3, 0.4) is 0 Å². The zero-order chi connectivity index (χ0) is 13.3. The number of carbonyl (C=O) groups excluding carboxylic acids is 2. The first-order valence-electron chi connectivity index (χ1n) is 5.88. The highest BCUT2D eigenvalue weighted by molar-refractivity contribution is 5.95. The Bertz CT molecular complexity index is 508. The van der Waals surface area contributed by atoms with E-state index >= 15 is 0 Å². The number of aromatic nitrogens is 1. The maximum Gasteiger partial charge on any atom is 0.343 e. The summed E-state index contributed by atoms with van der Waals surface area (Å²) >= 11 is 0. The second kappa shape index (κ2) is 4.76. The van der Waals surface area contributed by atoms with Crippen LogP contribution in [0.1, 0.15) is 48.3 Å². The van der Waals surface area contributed by atoms with Gasteiger partial charge < -0.3 is 9.47 Å². The van der Waals surface area contributed by atoms with Gasteiger partial charge in [-0.05, 0) is 17.5 Å². The molecule has 0 atom stereocenters. The number of hydrogen-bond donors (Lipinski definition) is 0. The van der Waals surface area contributed by atoms with Crippen LogP contribution in [0.15, 0.2) is 6.07 Å². The van der Waals surface area contributed by atoms with E-state index in [2.05, 4.69) is 4.98 Å². The van der Waals surface area contributed by atoms with Crippen molar-refractivity contribution in [3.05, 3.63) is 22.9 Å². The average molecular weight is 249 g/mol. The molecule has 0 aliphatic carbocycles. The van der Waals surface area contributed by atoms with E-state index in [0.29, 0.717) is 13.0 Å². The largest absolute Gasteiger partial charge is 0.462 e. The van der Waals surface area contributed by atoms with Gasteiger partial charge in [-0.25, -0.2) is 9.78 Å². The van der Waals surface area contributed by atoms with E-state index in [1.54, 1.807) is 0 Å². The Hall–Kier alpha value is -1.91. The third-order valence-electron chi connectivity index (χ3n) is 2.73. The van der Waals surface area contributed by atoms with Crippen molar-refractivity contribution in [2.75, 3.05) is 6.61 Å². The number of pyridine rings is 1. The smallest absolute Gasteiger partial charge is 0.343 e. The van der Waals surface area contributed by atoms with E-state index in [9.17, 15) is 9.59 Å². The molecular weight excluding hydrogens is 234 g/mol. The van der Waals surface area contributed by atoms with Gasteiger partial charge in [0.2, 0.25) is 5.88 Å². The van der Waals surface area contributed by atoms with E-state index in [1.165, 1.54) is 6.92 Å². The number of esters is 2. The van der Waals surface area contributed by atoms with Gasteiger partial charge in [0.25, 0.3) is 0 Å². The number of ether oxygens (including phenoxy) is 2. The Morgan fingerprint density at radius 1 is 1.50 bits per heavy atom. The van der Waals surface area contributed by atoms with Crippen molar-refractivity contribution < 1.29 is 19.1 Å². The predicted molar refractivity (Wildman–Crippen MR) is 63.6 cm³/mol. The molecule has 1 aliphatic rings. The zero-order valence-electron chi connectivity index (χ0n) is 10.6. The summed E-state index contributed by atoms with van der Waals surface area (Å²) in [7, 11) is 0. The molecule has 96 valence electrons. The lowest BCUT2D eigenvalue weighted by Gasteiger charge is -2.19. The second-order valence-electron chi connectivity index (χ2n) is 4.52. The first kappa shape index (κ1) is 12.5. The first-order chi connectivity index (χ1) is 8.49. The van der Waals surface area contributed by atoms with Crippen molar-refractivity contribution in [3.8, 4) is 5.88 Å². The van der Waals surface area contributed by atoms with Crippen molar-refractivity contribution in [1.82, 2.24) is 4.98 Å². The standard InChI is InChI=1S/C13H15NO4/c1-7(2)10-6-9-4-5-17-13(16)11(9)12(14-10)18-8(3)15/h6-7H,4-5H2,1-3H3. The fourth-order valence-electron chi connectivity index (χ4n) is 1.84. The number of nitrogens with zero attached hydrogens (tertiary/aromatic N) is 1. The predicted octanol–water partition coefficient (Wildman–Crippen LogP) is 1.84. The molecule has 0 N–H and O–H groups in total. The monoisotopic (exact) mass is 249 g/mol. The molecule has 0 spiro atoms. The maximum absolute atomic E-state index is 11.7. The number of carbonyl (C=O) groups is 2. The van der Waals surface area contributed by atoms with Gasteiger partial charge >= 0.3 is 11.9 Å². The fraction of sp³-hybridized carbons (Fsp3) is 0.462. The molecule has 2 heterocycles. The Labute approximate surface area is 105 Å². The molecule has 1 aromatic heterocycles. The van der Waals surface area contributed by atoms with Gasteiger partial charge in [-0.1, -0.05) is 13.8 Å². The topological polar surface area (TPSA) is 65.5 Å². The highest BCUT2D eigenvalue weighted by Gasteiger charge is 2.27. The molecule has 0 saturated carbocycles. The summed E-state index contributed by atoms with van der Waals surface area (Å²) in [6.07, 6.45) is 0.623. The fourth-order valence-corrected chi connectivity index (χ4v) is 1.84. The van der Waals surface area contributed by atoms with Crippen molar-refractivity contribution in [3.63, 3.8) is 0 Å². The van der Waals surface area contributed by atoms with Crippen LogP contribution in [0.5, 0.6) is 5.88 Å². The summed E-state index contributed by atoms with van der Waals surface area (Å²) in [6, 6.07) is 1.88. The van der Waals surface area contributed by atoms with Crippen LogP contribution in [0.4, 0.5) is 0 Å². The highest BCUT2D eigenvalue weighted by atomic mass is 16.6. The second-order valence-corrected chi connectivity index (χ2v) is 4.52. The van der Waals surface area contributed by atoms with Crippen LogP contribution in [-0.2, 0) is 16.0 Å². The summed E-state index contributed by atoms with van der Waals surface area (Å²) in [6.45, 7) is 5.62. The number of rotatable bonds is 2. The summed E-state index contributed by atoms with van der Waals surface area (Å²) in [4.78, 5) is 27.0. The molecule has 0 aromatic carbocycles. The highest BCUT2D eigenvalue weighted by Crippen LogP contribution is 2.28. The molecule has 0 fully saturated rings. The Balaban J connectivity index is 2.56. The van der Waals surface area contributed by atoms with Crippen molar-refractivity contribution in [1.29, 1.82) is 0 Å². The van der Waals surface area contributed by atoms with E-state index in [0.717, 1.165) is 11.3 Å². The third kappa shape index (κ3) is 2.34. The van der Waals surface area contributed by atoms with Gasteiger partial charge in [0.15, 0.2) is 0 Å². The van der Waals surface area contributed by atoms with Crippen molar-refractivity contribution >= 4 is 11.9 Å². The van der Waals surface area contributed by atoms with E-state index in [4.69, 9.17) is 9.47 Å². The Kier molecular flexibility index (Phi) is 3.32. The van der Waals surface area contributed by atoms with Gasteiger partial charge in [-0.3, -0.25) is 4.79 Å². The van der Waals surface area contributed by atoms with Crippen LogP contribution in [0, 0.1) is 0 Å². The first-order valence-corrected chi connectivity index (χ1v) is 5.88. The zero-order valence-corrected chi connectivity index (χ0v) is 10.6. The van der Waals surface area contributed by atoms with E-state index in [1.807, 2.05) is 19.9 Å². The summed E-state index contributed by atoms with van der Waals surface area (Å²) in [5.41, 5.74) is 1.92. The van der Waals surface area contributed by atoms with E-state index < -0.39 is 11.9 Å². The van der Waals surface area contributed by atoms with Gasteiger partial charge in [0.05, 0.1) is 6.61 Å². The molecule has 18 heavy (non-hydrogen) atoms. The number of fused-ring (bicyclic) bond motifs is 1. The van der Waals surface area contributed by atoms with Gasteiger partial charge in [0.1, 0.15) is 5.56 Å². The van der Waals surface area contributed by atoms with Gasteiger partial charge in [-0.15, -0.1) is 0 Å². The van der Waals surface area contributed by atoms with Crippen LogP contribution >= 0.6 is 0 Å². The minimum absolute atomic E-state index is 0.0633. The minimum atomic E-state index is -0.496. The third-order valence-corrected chi connectivity index (χ3v) is 2.73.